The third-order valence-electron chi connectivity index (χ3n) is 8.53. The number of aromatic nitrogens is 1. The summed E-state index contributed by atoms with van der Waals surface area (Å²) in [4.78, 5) is 29.3. The van der Waals surface area contributed by atoms with Gasteiger partial charge in [-0.15, -0.1) is 0 Å². The number of rotatable bonds is 7. The molecule has 2 aliphatic rings. The zero-order valence-corrected chi connectivity index (χ0v) is 24.4. The van der Waals surface area contributed by atoms with Crippen molar-refractivity contribution in [3.05, 3.63) is 59.3 Å². The fourth-order valence-electron chi connectivity index (χ4n) is 6.33. The molecule has 8 heteroatoms. The standard InChI is InChI=1S/C32H39N3O4S/c1-20-24(10-7-11-28(20)35-31(36)23-8-5-4-6-9-23)25-16-17-26(32(37)33-2)30-27(25)18-29(34-30)22-14-12-21(13-15-22)19-40(3,38)39/h7,10-11,14,16-18,21,23,34H,4-6,8-9,12-13,15,19H2,1-3H3,(H,33,37)(H,35,36). The van der Waals surface area contributed by atoms with Crippen LogP contribution in [0, 0.1) is 18.8 Å². The highest BCUT2D eigenvalue weighted by Gasteiger charge is 2.24. The lowest BCUT2D eigenvalue weighted by Crippen LogP contribution is -2.25. The average molecular weight is 562 g/mol. The number of benzene rings is 2. The van der Waals surface area contributed by atoms with Crippen LogP contribution in [0.5, 0.6) is 0 Å². The van der Waals surface area contributed by atoms with Gasteiger partial charge in [-0.25, -0.2) is 8.42 Å². The summed E-state index contributed by atoms with van der Waals surface area (Å²) < 4.78 is 23.5. The lowest BCUT2D eigenvalue weighted by Gasteiger charge is -2.22. The average Bonchev–Trinajstić information content (AvgIpc) is 3.39. The molecule has 0 radical (unpaired) electrons. The normalized spacial score (nSPS) is 18.4. The molecule has 40 heavy (non-hydrogen) atoms. The monoisotopic (exact) mass is 561 g/mol. The molecule has 2 aromatic carbocycles. The predicted octanol–water partition coefficient (Wildman–Crippen LogP) is 6.25. The van der Waals surface area contributed by atoms with E-state index in [1.54, 1.807) is 7.05 Å². The Bertz CT molecular complexity index is 1580. The Kier molecular flexibility index (Phi) is 8.17. The van der Waals surface area contributed by atoms with Gasteiger partial charge in [0.2, 0.25) is 5.91 Å². The summed E-state index contributed by atoms with van der Waals surface area (Å²) in [6, 6.07) is 11.9. The maximum Gasteiger partial charge on any atom is 0.253 e. The van der Waals surface area contributed by atoms with Crippen molar-refractivity contribution in [3.63, 3.8) is 0 Å². The summed E-state index contributed by atoms with van der Waals surface area (Å²) in [6.45, 7) is 2.03. The summed E-state index contributed by atoms with van der Waals surface area (Å²) in [6.07, 6.45) is 11.1. The minimum absolute atomic E-state index is 0.0726. The third kappa shape index (κ3) is 6.02. The van der Waals surface area contributed by atoms with Crippen molar-refractivity contribution in [2.45, 2.75) is 58.3 Å². The van der Waals surface area contributed by atoms with Gasteiger partial charge in [0.1, 0.15) is 9.84 Å². The van der Waals surface area contributed by atoms with Crippen LogP contribution in [0.2, 0.25) is 0 Å². The summed E-state index contributed by atoms with van der Waals surface area (Å²) in [7, 11) is -1.39. The first kappa shape index (κ1) is 28.1. The molecule has 0 bridgehead atoms. The second-order valence-electron chi connectivity index (χ2n) is 11.5. The number of allylic oxidation sites excluding steroid dienone is 2. The van der Waals surface area contributed by atoms with Gasteiger partial charge in [-0.2, -0.15) is 0 Å². The number of sulfone groups is 1. The molecule has 0 saturated heterocycles. The largest absolute Gasteiger partial charge is 0.355 e. The molecule has 5 rings (SSSR count). The highest BCUT2D eigenvalue weighted by atomic mass is 32.2. The van der Waals surface area contributed by atoms with Gasteiger partial charge >= 0.3 is 0 Å². The van der Waals surface area contributed by atoms with E-state index in [1.165, 1.54) is 12.7 Å². The van der Waals surface area contributed by atoms with Crippen LogP contribution in [0.3, 0.4) is 0 Å². The van der Waals surface area contributed by atoms with Crippen LogP contribution in [-0.2, 0) is 14.6 Å². The van der Waals surface area contributed by atoms with Gasteiger partial charge in [-0.3, -0.25) is 9.59 Å². The molecule has 0 spiro atoms. The van der Waals surface area contributed by atoms with Crippen LogP contribution in [0.1, 0.15) is 73.0 Å². The van der Waals surface area contributed by atoms with Crippen LogP contribution in [0.4, 0.5) is 5.69 Å². The topological polar surface area (TPSA) is 108 Å². The Morgan fingerprint density at radius 1 is 1.02 bits per heavy atom. The number of hydrogen-bond donors (Lipinski definition) is 3. The van der Waals surface area contributed by atoms with Crippen LogP contribution >= 0.6 is 0 Å². The van der Waals surface area contributed by atoms with E-state index in [0.29, 0.717) is 5.56 Å². The molecule has 1 heterocycles. The first-order valence-electron chi connectivity index (χ1n) is 14.3. The molecule has 1 fully saturated rings. The van der Waals surface area contributed by atoms with Crippen molar-refractivity contribution in [2.75, 3.05) is 24.4 Å². The first-order valence-corrected chi connectivity index (χ1v) is 16.4. The zero-order valence-electron chi connectivity index (χ0n) is 23.6. The fraction of sp³-hybridized carbons (Fsp3) is 0.438. The van der Waals surface area contributed by atoms with E-state index in [4.69, 9.17) is 0 Å². The Morgan fingerprint density at radius 3 is 2.48 bits per heavy atom. The molecule has 2 aliphatic carbocycles. The number of anilines is 1. The predicted molar refractivity (Wildman–Crippen MR) is 162 cm³/mol. The van der Waals surface area contributed by atoms with Gasteiger partial charge < -0.3 is 15.6 Å². The van der Waals surface area contributed by atoms with E-state index in [1.807, 2.05) is 31.2 Å². The number of fused-ring (bicyclic) bond motifs is 1. The summed E-state index contributed by atoms with van der Waals surface area (Å²) in [5.74, 6) is 0.350. The van der Waals surface area contributed by atoms with Crippen molar-refractivity contribution in [1.29, 1.82) is 0 Å². The van der Waals surface area contributed by atoms with Crippen molar-refractivity contribution >= 4 is 43.8 Å². The molecule has 1 aromatic heterocycles. The molecular weight excluding hydrogens is 522 g/mol. The zero-order chi connectivity index (χ0) is 28.4. The second-order valence-corrected chi connectivity index (χ2v) is 13.7. The SMILES string of the molecule is CNC(=O)c1ccc(-c2cccc(NC(=O)C3CCCCC3)c2C)c2cc(C3=CCC(CS(C)(=O)=O)CC3)[nH]c12. The van der Waals surface area contributed by atoms with Gasteiger partial charge in [-0.05, 0) is 85.4 Å². The van der Waals surface area contributed by atoms with Crippen molar-refractivity contribution in [2.24, 2.45) is 11.8 Å². The number of carbonyl (C=O) groups excluding carboxylic acids is 2. The van der Waals surface area contributed by atoms with Crippen LogP contribution in [0.25, 0.3) is 27.6 Å². The Labute approximate surface area is 236 Å². The van der Waals surface area contributed by atoms with Gasteiger partial charge in [0.25, 0.3) is 5.91 Å². The molecule has 1 saturated carbocycles. The van der Waals surface area contributed by atoms with Gasteiger partial charge in [0, 0.05) is 36.0 Å². The van der Waals surface area contributed by atoms with Crippen molar-refractivity contribution in [1.82, 2.24) is 10.3 Å². The molecule has 0 aliphatic heterocycles. The van der Waals surface area contributed by atoms with E-state index in [0.717, 1.165) is 89.5 Å². The molecule has 3 N–H and O–H groups in total. The number of nitrogens with one attached hydrogen (secondary N) is 3. The van der Waals surface area contributed by atoms with Gasteiger partial charge in [0.05, 0.1) is 16.8 Å². The molecule has 7 nitrogen and oxygen atoms in total. The van der Waals surface area contributed by atoms with E-state index < -0.39 is 9.84 Å². The minimum atomic E-state index is -3.01. The van der Waals surface area contributed by atoms with Crippen molar-refractivity contribution < 1.29 is 18.0 Å². The molecule has 3 aromatic rings. The number of hydrogen-bond acceptors (Lipinski definition) is 4. The highest BCUT2D eigenvalue weighted by molar-refractivity contribution is 7.90. The van der Waals surface area contributed by atoms with Crippen LogP contribution in [-0.4, -0.2) is 44.3 Å². The van der Waals surface area contributed by atoms with Crippen LogP contribution in [0.15, 0.2) is 42.5 Å². The third-order valence-corrected chi connectivity index (χ3v) is 9.60. The summed E-state index contributed by atoms with van der Waals surface area (Å²) >= 11 is 0. The van der Waals surface area contributed by atoms with E-state index in [-0.39, 0.29) is 29.4 Å². The molecule has 1 atom stereocenters. The summed E-state index contributed by atoms with van der Waals surface area (Å²) in [5, 5.41) is 6.87. The number of aromatic amines is 1. The Balaban J connectivity index is 1.51. The Morgan fingerprint density at radius 2 is 1.80 bits per heavy atom. The number of carbonyl (C=O) groups is 2. The summed E-state index contributed by atoms with van der Waals surface area (Å²) in [5.41, 5.74) is 7.22. The fourth-order valence-corrected chi connectivity index (χ4v) is 7.49. The molecule has 2 amide bonds. The smallest absolute Gasteiger partial charge is 0.253 e. The quantitative estimate of drug-likeness (QED) is 0.317. The van der Waals surface area contributed by atoms with Gasteiger partial charge in [-0.1, -0.05) is 43.5 Å². The van der Waals surface area contributed by atoms with Gasteiger partial charge in [0.15, 0.2) is 0 Å². The van der Waals surface area contributed by atoms with Crippen LogP contribution < -0.4 is 10.6 Å². The second kappa shape index (κ2) is 11.6. The Hall–Kier alpha value is -3.39. The maximum absolute atomic E-state index is 13.0. The number of H-pyrrole nitrogens is 1. The lowest BCUT2D eigenvalue weighted by atomic mass is 9.88. The lowest BCUT2D eigenvalue weighted by molar-refractivity contribution is -0.120. The first-order chi connectivity index (χ1) is 19.1. The minimum Gasteiger partial charge on any atom is -0.355 e. The molecular formula is C32H39N3O4S. The van der Waals surface area contributed by atoms with E-state index >= 15 is 0 Å². The molecule has 212 valence electrons. The van der Waals surface area contributed by atoms with E-state index in [2.05, 4.69) is 33.8 Å². The highest BCUT2D eigenvalue weighted by Crippen LogP contribution is 2.39. The maximum atomic E-state index is 13.0. The number of amides is 2. The van der Waals surface area contributed by atoms with E-state index in [9.17, 15) is 18.0 Å². The molecule has 1 unspecified atom stereocenters. The van der Waals surface area contributed by atoms with Crippen molar-refractivity contribution in [3.8, 4) is 11.1 Å².